The summed E-state index contributed by atoms with van der Waals surface area (Å²) in [5, 5.41) is 7.96. The van der Waals surface area contributed by atoms with Crippen LogP contribution in [0.15, 0.2) is 35.5 Å². The molecule has 0 unspecified atom stereocenters. The van der Waals surface area contributed by atoms with Crippen molar-refractivity contribution in [1.29, 1.82) is 0 Å². The average Bonchev–Trinajstić information content (AvgIpc) is 3.07. The highest BCUT2D eigenvalue weighted by atomic mass is 127. The van der Waals surface area contributed by atoms with Crippen LogP contribution in [-0.4, -0.2) is 54.5 Å². The first-order valence-corrected chi connectivity index (χ1v) is 10.2. The van der Waals surface area contributed by atoms with Gasteiger partial charge in [0.1, 0.15) is 5.75 Å². The van der Waals surface area contributed by atoms with Crippen molar-refractivity contribution < 1.29 is 9.47 Å². The Bertz CT molecular complexity index is 792. The van der Waals surface area contributed by atoms with Gasteiger partial charge < -0.3 is 19.7 Å². The van der Waals surface area contributed by atoms with Gasteiger partial charge in [0.05, 0.1) is 32.6 Å². The Balaban J connectivity index is 0.00000450. The van der Waals surface area contributed by atoms with Gasteiger partial charge >= 0.3 is 0 Å². The first kappa shape index (κ1) is 26.2. The van der Waals surface area contributed by atoms with E-state index in [1.54, 1.807) is 7.11 Å². The number of aliphatic imine (C=N–C) groups is 1. The number of guanidine groups is 1. The lowest BCUT2D eigenvalue weighted by Crippen LogP contribution is -2.38. The van der Waals surface area contributed by atoms with Crippen molar-refractivity contribution in [3.8, 4) is 5.75 Å². The Morgan fingerprint density at radius 1 is 1.33 bits per heavy atom. The van der Waals surface area contributed by atoms with Crippen LogP contribution in [0.5, 0.6) is 5.75 Å². The molecule has 0 saturated heterocycles. The monoisotopic (exact) mass is 529 g/mol. The number of rotatable bonds is 10. The molecule has 0 spiro atoms. The molecule has 1 aromatic carbocycles. The highest BCUT2D eigenvalue weighted by molar-refractivity contribution is 14.0. The molecule has 0 aliphatic heterocycles. The van der Waals surface area contributed by atoms with Crippen molar-refractivity contribution >= 4 is 29.9 Å². The summed E-state index contributed by atoms with van der Waals surface area (Å²) >= 11 is 0. The zero-order valence-electron chi connectivity index (χ0n) is 19.0. The number of nitrogens with one attached hydrogen (secondary N) is 1. The van der Waals surface area contributed by atoms with Gasteiger partial charge in [-0.25, -0.2) is 0 Å². The summed E-state index contributed by atoms with van der Waals surface area (Å²) in [6.07, 6.45) is 2.09. The van der Waals surface area contributed by atoms with E-state index in [1.807, 2.05) is 36.0 Å². The molecule has 0 fully saturated rings. The second-order valence-electron chi connectivity index (χ2n) is 7.36. The third-order valence-electron chi connectivity index (χ3n) is 4.49. The van der Waals surface area contributed by atoms with Crippen LogP contribution in [-0.2, 0) is 24.9 Å². The fourth-order valence-corrected chi connectivity index (χ4v) is 3.13. The molecule has 2 rings (SSSR count). The predicted molar refractivity (Wildman–Crippen MR) is 133 cm³/mol. The maximum atomic E-state index is 5.78. The Hall–Kier alpha value is -1.81. The summed E-state index contributed by atoms with van der Waals surface area (Å²) in [5.74, 6) is 2.11. The van der Waals surface area contributed by atoms with Crippen LogP contribution < -0.4 is 10.1 Å². The van der Waals surface area contributed by atoms with E-state index in [0.29, 0.717) is 25.7 Å². The second kappa shape index (κ2) is 13.5. The minimum atomic E-state index is 0. The summed E-state index contributed by atoms with van der Waals surface area (Å²) < 4.78 is 12.9. The van der Waals surface area contributed by atoms with Gasteiger partial charge in [0, 0.05) is 38.9 Å². The average molecular weight is 529 g/mol. The quantitative estimate of drug-likeness (QED) is 0.220. The lowest BCUT2D eigenvalue weighted by molar-refractivity contribution is 0.128. The molecule has 0 aliphatic rings. The molecule has 0 aliphatic carbocycles. The maximum absolute atomic E-state index is 5.78. The zero-order chi connectivity index (χ0) is 21.2. The number of aryl methyl sites for hydroxylation is 1. The highest BCUT2D eigenvalue weighted by Gasteiger charge is 2.15. The number of benzene rings is 1. The summed E-state index contributed by atoms with van der Waals surface area (Å²) in [4.78, 5) is 6.84. The van der Waals surface area contributed by atoms with Gasteiger partial charge in [0.25, 0.3) is 0 Å². The summed E-state index contributed by atoms with van der Waals surface area (Å²) in [5.41, 5.74) is 3.46. The highest BCUT2D eigenvalue weighted by Crippen LogP contribution is 2.18. The van der Waals surface area contributed by atoms with Crippen LogP contribution >= 0.6 is 24.0 Å². The number of halogens is 1. The van der Waals surface area contributed by atoms with E-state index in [4.69, 9.17) is 14.5 Å². The minimum Gasteiger partial charge on any atom is -0.497 e. The molecule has 1 N–H and O–H groups in total. The van der Waals surface area contributed by atoms with Crippen LogP contribution in [0.1, 0.15) is 43.5 Å². The third-order valence-corrected chi connectivity index (χ3v) is 4.49. The molecule has 1 aromatic heterocycles. The van der Waals surface area contributed by atoms with E-state index >= 15 is 0 Å². The lowest BCUT2D eigenvalue weighted by Gasteiger charge is -2.22. The number of hydrogen-bond acceptors (Lipinski definition) is 4. The Labute approximate surface area is 197 Å². The van der Waals surface area contributed by atoms with Crippen LogP contribution in [0.3, 0.4) is 0 Å². The Morgan fingerprint density at radius 2 is 2.10 bits per heavy atom. The van der Waals surface area contributed by atoms with Crippen molar-refractivity contribution in [3.05, 3.63) is 47.3 Å². The fraction of sp³-hybridized carbons (Fsp3) is 0.545. The van der Waals surface area contributed by atoms with Gasteiger partial charge in [-0.2, -0.15) is 5.10 Å². The Kier molecular flexibility index (Phi) is 11.8. The van der Waals surface area contributed by atoms with Crippen LogP contribution in [0.2, 0.25) is 0 Å². The Morgan fingerprint density at radius 3 is 2.77 bits per heavy atom. The molecule has 7 nitrogen and oxygen atoms in total. The van der Waals surface area contributed by atoms with Gasteiger partial charge in [0.2, 0.25) is 0 Å². The molecule has 8 heteroatoms. The van der Waals surface area contributed by atoms with E-state index < -0.39 is 0 Å². The predicted octanol–water partition coefficient (Wildman–Crippen LogP) is 3.78. The standard InChI is InChI=1S/C22H35N5O2.HI/c1-7-23-22(26(4)14-19-15-27(5)25-21(19)17(2)3)24-11-12-29-16-18-9-8-10-20(13-18)28-6;/h8-10,13,15,17H,7,11-12,14,16H2,1-6H3,(H,23,24);1H. The summed E-state index contributed by atoms with van der Waals surface area (Å²) in [7, 11) is 5.69. The molecule has 168 valence electrons. The number of ether oxygens (including phenoxy) is 2. The number of aromatic nitrogens is 2. The second-order valence-corrected chi connectivity index (χ2v) is 7.36. The van der Waals surface area contributed by atoms with E-state index in [0.717, 1.165) is 36.1 Å². The first-order valence-electron chi connectivity index (χ1n) is 10.2. The van der Waals surface area contributed by atoms with Gasteiger partial charge in [-0.15, -0.1) is 24.0 Å². The molecule has 2 aromatic rings. The molecule has 0 saturated carbocycles. The molecule has 0 atom stereocenters. The molecule has 0 amide bonds. The third kappa shape index (κ3) is 8.14. The topological polar surface area (TPSA) is 63.9 Å². The van der Waals surface area contributed by atoms with E-state index in [1.165, 1.54) is 5.56 Å². The van der Waals surface area contributed by atoms with Gasteiger partial charge in [-0.3, -0.25) is 9.67 Å². The van der Waals surface area contributed by atoms with Crippen molar-refractivity contribution in [2.24, 2.45) is 12.0 Å². The first-order chi connectivity index (χ1) is 13.9. The normalized spacial score (nSPS) is 11.4. The maximum Gasteiger partial charge on any atom is 0.194 e. The fourth-order valence-electron chi connectivity index (χ4n) is 3.13. The molecule has 1 heterocycles. The largest absolute Gasteiger partial charge is 0.497 e. The van der Waals surface area contributed by atoms with Crippen LogP contribution in [0.4, 0.5) is 0 Å². The van der Waals surface area contributed by atoms with Gasteiger partial charge in [-0.1, -0.05) is 26.0 Å². The van der Waals surface area contributed by atoms with E-state index in [-0.39, 0.29) is 24.0 Å². The SMILES string of the molecule is CCNC(=NCCOCc1cccc(OC)c1)N(C)Cc1cn(C)nc1C(C)C.I. The number of methoxy groups -OCH3 is 1. The van der Waals surface area contributed by atoms with E-state index in [9.17, 15) is 0 Å². The summed E-state index contributed by atoms with van der Waals surface area (Å²) in [6, 6.07) is 7.92. The van der Waals surface area contributed by atoms with Gasteiger partial charge in [-0.05, 0) is 30.5 Å². The van der Waals surface area contributed by atoms with Crippen molar-refractivity contribution in [3.63, 3.8) is 0 Å². The number of nitrogens with zero attached hydrogens (tertiary/aromatic N) is 4. The molecular weight excluding hydrogens is 493 g/mol. The smallest absolute Gasteiger partial charge is 0.194 e. The van der Waals surface area contributed by atoms with Crippen LogP contribution in [0, 0.1) is 0 Å². The van der Waals surface area contributed by atoms with Crippen molar-refractivity contribution in [1.82, 2.24) is 20.0 Å². The molecule has 0 bridgehead atoms. The molecule has 0 radical (unpaired) electrons. The number of hydrogen-bond donors (Lipinski definition) is 1. The van der Waals surface area contributed by atoms with E-state index in [2.05, 4.69) is 49.3 Å². The molecule has 30 heavy (non-hydrogen) atoms. The van der Waals surface area contributed by atoms with Gasteiger partial charge in [0.15, 0.2) is 5.96 Å². The van der Waals surface area contributed by atoms with Crippen molar-refractivity contribution in [2.45, 2.75) is 39.8 Å². The zero-order valence-corrected chi connectivity index (χ0v) is 21.3. The molecular formula is C22H36IN5O2. The minimum absolute atomic E-state index is 0. The lowest BCUT2D eigenvalue weighted by atomic mass is 10.1. The van der Waals surface area contributed by atoms with Crippen molar-refractivity contribution in [2.75, 3.05) is 33.9 Å². The summed E-state index contributed by atoms with van der Waals surface area (Å²) in [6.45, 7) is 9.70. The van der Waals surface area contributed by atoms with Crippen LogP contribution in [0.25, 0.3) is 0 Å².